The second kappa shape index (κ2) is 7.15. The first-order valence-electron chi connectivity index (χ1n) is 8.16. The Bertz CT molecular complexity index is 1090. The molecule has 0 bridgehead atoms. The van der Waals surface area contributed by atoms with E-state index in [1.165, 1.54) is 0 Å². The van der Waals surface area contributed by atoms with Crippen molar-refractivity contribution in [2.45, 2.75) is 19.1 Å². The fourth-order valence-electron chi connectivity index (χ4n) is 2.75. The third kappa shape index (κ3) is 3.65. The smallest absolute Gasteiger partial charge is 0.399 e. The van der Waals surface area contributed by atoms with Crippen LogP contribution in [0.15, 0.2) is 41.3 Å². The maximum absolute atomic E-state index is 12.3. The summed E-state index contributed by atoms with van der Waals surface area (Å²) in [5.41, 5.74) is 2.72. The minimum Gasteiger partial charge on any atom is -0.399 e. The van der Waals surface area contributed by atoms with Gasteiger partial charge in [0.25, 0.3) is 0 Å². The molecule has 4 aromatic heterocycles. The van der Waals surface area contributed by atoms with Gasteiger partial charge in [-0.15, -0.1) is 5.10 Å². The number of fused-ring (bicyclic) bond motifs is 2. The standard InChI is InChI=1S/C9H8F3N5O.C7H5ClN2/c10-9(11,12)7-15-16-8(18-7)17-2-1-5-6(3-17)14-4-13-5;8-6-2-1-5-10-7(6)3-4-9-10/h4H,1-3H2,(H,13,14);1-5H. The van der Waals surface area contributed by atoms with Crippen LogP contribution in [0.3, 0.4) is 0 Å². The predicted octanol–water partition coefficient (Wildman–Crippen LogP) is 3.36. The van der Waals surface area contributed by atoms with Crippen LogP contribution in [-0.2, 0) is 19.1 Å². The summed E-state index contributed by atoms with van der Waals surface area (Å²) in [6.45, 7) is 0.881. The molecule has 0 radical (unpaired) electrons. The Hall–Kier alpha value is -3.08. The summed E-state index contributed by atoms with van der Waals surface area (Å²) in [6, 6.07) is 5.46. The van der Waals surface area contributed by atoms with Crippen molar-refractivity contribution in [3.8, 4) is 0 Å². The molecule has 0 saturated carbocycles. The topological polar surface area (TPSA) is 88.1 Å². The zero-order valence-corrected chi connectivity index (χ0v) is 14.9. The van der Waals surface area contributed by atoms with Gasteiger partial charge in [0.2, 0.25) is 0 Å². The van der Waals surface area contributed by atoms with Gasteiger partial charge in [0.1, 0.15) is 0 Å². The molecule has 5 rings (SSSR count). The number of nitrogens with zero attached hydrogens (tertiary/aromatic N) is 6. The van der Waals surface area contributed by atoms with E-state index in [1.54, 1.807) is 21.9 Å². The summed E-state index contributed by atoms with van der Waals surface area (Å²) in [7, 11) is 0. The summed E-state index contributed by atoms with van der Waals surface area (Å²) in [5.74, 6) is -1.33. The lowest BCUT2D eigenvalue weighted by atomic mass is 10.1. The van der Waals surface area contributed by atoms with Crippen LogP contribution in [0.25, 0.3) is 5.52 Å². The molecule has 1 aliphatic rings. The zero-order valence-electron chi connectivity index (χ0n) is 14.2. The van der Waals surface area contributed by atoms with Crippen molar-refractivity contribution >= 4 is 23.1 Å². The Balaban J connectivity index is 0.000000162. The van der Waals surface area contributed by atoms with Gasteiger partial charge in [-0.3, -0.25) is 0 Å². The molecule has 0 spiro atoms. The van der Waals surface area contributed by atoms with Crippen molar-refractivity contribution in [2.75, 3.05) is 11.4 Å². The lowest BCUT2D eigenvalue weighted by Gasteiger charge is -2.23. The van der Waals surface area contributed by atoms with Crippen molar-refractivity contribution in [2.24, 2.45) is 0 Å². The van der Waals surface area contributed by atoms with Gasteiger partial charge in [0.15, 0.2) is 0 Å². The van der Waals surface area contributed by atoms with E-state index in [2.05, 4.69) is 29.7 Å². The number of aromatic nitrogens is 6. The number of nitrogens with one attached hydrogen (secondary N) is 1. The van der Waals surface area contributed by atoms with E-state index in [0.717, 1.165) is 21.9 Å². The maximum Gasteiger partial charge on any atom is 0.470 e. The van der Waals surface area contributed by atoms with E-state index in [4.69, 9.17) is 11.6 Å². The summed E-state index contributed by atoms with van der Waals surface area (Å²) in [5, 5.41) is 11.2. The Morgan fingerprint density at radius 3 is 2.82 bits per heavy atom. The van der Waals surface area contributed by atoms with Crippen molar-refractivity contribution in [3.05, 3.63) is 59.2 Å². The van der Waals surface area contributed by atoms with Crippen LogP contribution in [0, 0.1) is 0 Å². The molecule has 0 fully saturated rings. The molecule has 0 aromatic carbocycles. The SMILES string of the molecule is Clc1cccn2nccc12.FC(F)(F)c1nnc(N2CCc3nc[nH]c3C2)o1. The van der Waals surface area contributed by atoms with E-state index in [-0.39, 0.29) is 6.01 Å². The first-order chi connectivity index (χ1) is 13.4. The summed E-state index contributed by atoms with van der Waals surface area (Å²) in [4.78, 5) is 8.62. The summed E-state index contributed by atoms with van der Waals surface area (Å²) < 4.78 is 43.3. The summed E-state index contributed by atoms with van der Waals surface area (Å²) in [6.07, 6.45) is 1.16. The molecule has 1 aliphatic heterocycles. The number of halogens is 4. The third-order valence-corrected chi connectivity index (χ3v) is 4.41. The molecule has 12 heteroatoms. The van der Waals surface area contributed by atoms with Crippen LogP contribution in [0.2, 0.25) is 5.02 Å². The normalized spacial score (nSPS) is 13.9. The molecule has 5 heterocycles. The number of anilines is 1. The van der Waals surface area contributed by atoms with Gasteiger partial charge < -0.3 is 14.3 Å². The molecule has 0 atom stereocenters. The zero-order chi connectivity index (χ0) is 19.7. The number of rotatable bonds is 1. The fourth-order valence-corrected chi connectivity index (χ4v) is 2.97. The van der Waals surface area contributed by atoms with E-state index >= 15 is 0 Å². The highest BCUT2D eigenvalue weighted by molar-refractivity contribution is 6.33. The van der Waals surface area contributed by atoms with Gasteiger partial charge in [-0.1, -0.05) is 16.7 Å². The number of pyridine rings is 1. The maximum atomic E-state index is 12.3. The predicted molar refractivity (Wildman–Crippen MR) is 92.8 cm³/mol. The molecular formula is C16H13ClF3N7O. The van der Waals surface area contributed by atoms with Gasteiger partial charge in [-0.2, -0.15) is 18.3 Å². The molecule has 4 aromatic rings. The van der Waals surface area contributed by atoms with Gasteiger partial charge in [-0.05, 0) is 18.2 Å². The van der Waals surface area contributed by atoms with Gasteiger partial charge >= 0.3 is 18.1 Å². The minimum absolute atomic E-state index is 0.123. The van der Waals surface area contributed by atoms with Crippen molar-refractivity contribution in [1.82, 2.24) is 29.8 Å². The lowest BCUT2D eigenvalue weighted by Crippen LogP contribution is -2.30. The first kappa shape index (κ1) is 18.3. The minimum atomic E-state index is -4.61. The van der Waals surface area contributed by atoms with Crippen LogP contribution in [-0.4, -0.2) is 36.3 Å². The quantitative estimate of drug-likeness (QED) is 0.516. The first-order valence-corrected chi connectivity index (χ1v) is 8.54. The third-order valence-electron chi connectivity index (χ3n) is 4.09. The molecule has 28 heavy (non-hydrogen) atoms. The van der Waals surface area contributed by atoms with E-state index in [9.17, 15) is 13.2 Å². The second-order valence-electron chi connectivity index (χ2n) is 5.90. The number of aromatic amines is 1. The Morgan fingerprint density at radius 2 is 2.07 bits per heavy atom. The lowest BCUT2D eigenvalue weighted by molar-refractivity contribution is -0.157. The molecule has 146 valence electrons. The average Bonchev–Trinajstić information content (AvgIpc) is 3.40. The molecule has 0 unspecified atom stereocenters. The Kier molecular flexibility index (Phi) is 4.67. The molecular weight excluding hydrogens is 399 g/mol. The highest BCUT2D eigenvalue weighted by Crippen LogP contribution is 2.30. The number of hydrogen-bond acceptors (Lipinski definition) is 6. The van der Waals surface area contributed by atoms with Gasteiger partial charge in [0.05, 0.1) is 41.0 Å². The second-order valence-corrected chi connectivity index (χ2v) is 6.31. The van der Waals surface area contributed by atoms with E-state index in [1.807, 2.05) is 24.4 Å². The number of H-pyrrole nitrogens is 1. The van der Waals surface area contributed by atoms with Gasteiger partial charge in [-0.25, -0.2) is 9.50 Å². The van der Waals surface area contributed by atoms with Crippen LogP contribution in [0.5, 0.6) is 0 Å². The van der Waals surface area contributed by atoms with Crippen LogP contribution < -0.4 is 4.90 Å². The molecule has 0 amide bonds. The molecule has 8 nitrogen and oxygen atoms in total. The number of hydrogen-bond donors (Lipinski definition) is 1. The highest BCUT2D eigenvalue weighted by Gasteiger charge is 2.39. The number of imidazole rings is 1. The van der Waals surface area contributed by atoms with E-state index < -0.39 is 12.1 Å². The fraction of sp³-hybridized carbons (Fsp3) is 0.250. The molecule has 1 N–H and O–H groups in total. The summed E-state index contributed by atoms with van der Waals surface area (Å²) >= 11 is 5.84. The average molecular weight is 412 g/mol. The van der Waals surface area contributed by atoms with Crippen LogP contribution in [0.4, 0.5) is 19.2 Å². The van der Waals surface area contributed by atoms with Gasteiger partial charge in [0, 0.05) is 19.2 Å². The van der Waals surface area contributed by atoms with E-state index in [0.29, 0.717) is 19.5 Å². The van der Waals surface area contributed by atoms with Crippen LogP contribution >= 0.6 is 11.6 Å². The van der Waals surface area contributed by atoms with Crippen molar-refractivity contribution < 1.29 is 17.6 Å². The highest BCUT2D eigenvalue weighted by atomic mass is 35.5. The Morgan fingerprint density at radius 1 is 1.21 bits per heavy atom. The molecule has 0 saturated heterocycles. The van der Waals surface area contributed by atoms with Crippen molar-refractivity contribution in [1.29, 1.82) is 0 Å². The van der Waals surface area contributed by atoms with Crippen molar-refractivity contribution in [3.63, 3.8) is 0 Å². The van der Waals surface area contributed by atoms with Crippen LogP contribution in [0.1, 0.15) is 17.3 Å². The number of alkyl halides is 3. The largest absolute Gasteiger partial charge is 0.470 e. The Labute approximate surface area is 161 Å². The monoisotopic (exact) mass is 411 g/mol. The molecule has 0 aliphatic carbocycles.